The van der Waals surface area contributed by atoms with Crippen LogP contribution in [0.2, 0.25) is 0 Å². The Kier molecular flexibility index (Phi) is 7.33. The minimum absolute atomic E-state index is 0.0637. The molecule has 0 aliphatic carbocycles. The molecule has 0 radical (unpaired) electrons. The Morgan fingerprint density at radius 3 is 2.53 bits per heavy atom. The quantitative estimate of drug-likeness (QED) is 0.583. The van der Waals surface area contributed by atoms with Gasteiger partial charge >= 0.3 is 0 Å². The third kappa shape index (κ3) is 8.12. The van der Waals surface area contributed by atoms with Gasteiger partial charge in [-0.25, -0.2) is 8.42 Å². The molecule has 0 aromatic rings. The van der Waals surface area contributed by atoms with Gasteiger partial charge in [0.05, 0.1) is 11.8 Å². The molecule has 0 heterocycles. The number of carbonyl (C=O) groups is 1. The van der Waals surface area contributed by atoms with E-state index in [0.717, 1.165) is 12.7 Å². The summed E-state index contributed by atoms with van der Waals surface area (Å²) in [5.74, 6) is -0.295. The Bertz CT molecular complexity index is 329. The summed E-state index contributed by atoms with van der Waals surface area (Å²) in [6.07, 6.45) is 2.02. The smallest absolute Gasteiger partial charge is 0.239 e. The van der Waals surface area contributed by atoms with Crippen molar-refractivity contribution in [1.82, 2.24) is 4.90 Å². The number of sulfone groups is 1. The highest BCUT2D eigenvalue weighted by Crippen LogP contribution is 1.99. The van der Waals surface area contributed by atoms with Gasteiger partial charge in [-0.2, -0.15) is 0 Å². The first kappa shape index (κ1) is 16.3. The largest absolute Gasteiger partial charge is 0.385 e. The van der Waals surface area contributed by atoms with Crippen LogP contribution in [0.25, 0.3) is 0 Å². The first-order chi connectivity index (χ1) is 7.78. The van der Waals surface area contributed by atoms with Crippen LogP contribution in [0.3, 0.4) is 0 Å². The van der Waals surface area contributed by atoms with E-state index in [-0.39, 0.29) is 18.1 Å². The van der Waals surface area contributed by atoms with Crippen LogP contribution in [0.1, 0.15) is 12.8 Å². The second-order valence-corrected chi connectivity index (χ2v) is 6.39. The molecular formula is C10H22N2O4S. The zero-order valence-electron chi connectivity index (χ0n) is 10.7. The lowest BCUT2D eigenvalue weighted by atomic mass is 10.2. The third-order valence-corrected chi connectivity index (χ3v) is 3.31. The molecule has 1 amide bonds. The highest BCUT2D eigenvalue weighted by molar-refractivity contribution is 7.90. The summed E-state index contributed by atoms with van der Waals surface area (Å²) in [5, 5.41) is 0. The molecule has 7 heteroatoms. The topological polar surface area (TPSA) is 89.7 Å². The van der Waals surface area contributed by atoms with E-state index >= 15 is 0 Å². The lowest BCUT2D eigenvalue weighted by Gasteiger charge is -2.20. The van der Waals surface area contributed by atoms with Crippen molar-refractivity contribution in [3.63, 3.8) is 0 Å². The van der Waals surface area contributed by atoms with Gasteiger partial charge < -0.3 is 15.4 Å². The SMILES string of the molecule is COCCCN(C)C(=O)C(N)CCS(C)(=O)=O. The second kappa shape index (κ2) is 7.62. The van der Waals surface area contributed by atoms with Crippen LogP contribution in [-0.2, 0) is 19.4 Å². The standard InChI is InChI=1S/C10H22N2O4S/c1-12(6-4-7-16-2)10(13)9(11)5-8-17(3,14)15/h9H,4-8,11H2,1-3H3. The summed E-state index contributed by atoms with van der Waals surface area (Å²) in [4.78, 5) is 13.2. The van der Waals surface area contributed by atoms with Crippen LogP contribution in [0.4, 0.5) is 0 Å². The van der Waals surface area contributed by atoms with E-state index < -0.39 is 15.9 Å². The minimum Gasteiger partial charge on any atom is -0.385 e. The maximum absolute atomic E-state index is 11.7. The molecule has 0 rings (SSSR count). The molecule has 0 aliphatic heterocycles. The zero-order valence-corrected chi connectivity index (χ0v) is 11.5. The Morgan fingerprint density at radius 1 is 1.47 bits per heavy atom. The fraction of sp³-hybridized carbons (Fsp3) is 0.900. The van der Waals surface area contributed by atoms with E-state index in [9.17, 15) is 13.2 Å². The van der Waals surface area contributed by atoms with Crippen LogP contribution in [-0.4, -0.2) is 64.6 Å². The maximum atomic E-state index is 11.7. The number of ether oxygens (including phenoxy) is 1. The van der Waals surface area contributed by atoms with Gasteiger partial charge in [0.2, 0.25) is 5.91 Å². The third-order valence-electron chi connectivity index (χ3n) is 2.34. The van der Waals surface area contributed by atoms with Crippen molar-refractivity contribution in [3.05, 3.63) is 0 Å². The lowest BCUT2D eigenvalue weighted by Crippen LogP contribution is -2.43. The van der Waals surface area contributed by atoms with Crippen molar-refractivity contribution >= 4 is 15.7 Å². The first-order valence-corrected chi connectivity index (χ1v) is 7.51. The molecule has 0 fully saturated rings. The number of hydrogen-bond donors (Lipinski definition) is 1. The van der Waals surface area contributed by atoms with Gasteiger partial charge in [0, 0.05) is 33.6 Å². The Morgan fingerprint density at radius 2 is 2.06 bits per heavy atom. The highest BCUT2D eigenvalue weighted by Gasteiger charge is 2.19. The van der Waals surface area contributed by atoms with Gasteiger partial charge in [-0.05, 0) is 12.8 Å². The van der Waals surface area contributed by atoms with E-state index in [4.69, 9.17) is 10.5 Å². The predicted octanol–water partition coefficient (Wildman–Crippen LogP) is -0.757. The van der Waals surface area contributed by atoms with Crippen molar-refractivity contribution in [2.75, 3.05) is 39.3 Å². The Hall–Kier alpha value is -0.660. The van der Waals surface area contributed by atoms with Gasteiger partial charge in [0.25, 0.3) is 0 Å². The molecule has 0 spiro atoms. The van der Waals surface area contributed by atoms with E-state index in [0.29, 0.717) is 13.2 Å². The number of rotatable bonds is 8. The number of nitrogens with zero attached hydrogens (tertiary/aromatic N) is 1. The number of likely N-dealkylation sites (N-methyl/N-ethyl adjacent to an activating group) is 1. The summed E-state index contributed by atoms with van der Waals surface area (Å²) < 4.78 is 26.8. The fourth-order valence-electron chi connectivity index (χ4n) is 1.30. The summed E-state index contributed by atoms with van der Waals surface area (Å²) in [6.45, 7) is 1.13. The van der Waals surface area contributed by atoms with Gasteiger partial charge in [-0.3, -0.25) is 4.79 Å². The molecule has 2 N–H and O–H groups in total. The van der Waals surface area contributed by atoms with Gasteiger partial charge in [0.1, 0.15) is 9.84 Å². The molecule has 0 saturated carbocycles. The Labute approximate surface area is 103 Å². The van der Waals surface area contributed by atoms with Gasteiger partial charge in [-0.15, -0.1) is 0 Å². The zero-order chi connectivity index (χ0) is 13.5. The van der Waals surface area contributed by atoms with Crippen LogP contribution in [0.15, 0.2) is 0 Å². The van der Waals surface area contributed by atoms with Crippen LogP contribution >= 0.6 is 0 Å². The minimum atomic E-state index is -3.07. The number of carbonyl (C=O) groups excluding carboxylic acids is 1. The van der Waals surface area contributed by atoms with Crippen molar-refractivity contribution in [1.29, 1.82) is 0 Å². The molecule has 0 aromatic carbocycles. The average Bonchev–Trinajstić information content (AvgIpc) is 2.24. The monoisotopic (exact) mass is 266 g/mol. The number of nitrogens with two attached hydrogens (primary N) is 1. The van der Waals surface area contributed by atoms with Crippen molar-refractivity contribution in [2.45, 2.75) is 18.9 Å². The molecule has 1 atom stereocenters. The van der Waals surface area contributed by atoms with Gasteiger partial charge in [0.15, 0.2) is 0 Å². The summed E-state index contributed by atoms with van der Waals surface area (Å²) in [6, 6.07) is -0.753. The average molecular weight is 266 g/mol. The molecular weight excluding hydrogens is 244 g/mol. The molecule has 6 nitrogen and oxygen atoms in total. The Balaban J connectivity index is 4.03. The molecule has 0 aromatic heterocycles. The van der Waals surface area contributed by atoms with E-state index in [2.05, 4.69) is 0 Å². The first-order valence-electron chi connectivity index (χ1n) is 5.45. The maximum Gasteiger partial charge on any atom is 0.239 e. The molecule has 1 unspecified atom stereocenters. The van der Waals surface area contributed by atoms with E-state index in [1.165, 1.54) is 4.90 Å². The highest BCUT2D eigenvalue weighted by atomic mass is 32.2. The summed E-state index contributed by atoms with van der Waals surface area (Å²) >= 11 is 0. The van der Waals surface area contributed by atoms with E-state index in [1.807, 2.05) is 0 Å². The molecule has 17 heavy (non-hydrogen) atoms. The summed E-state index contributed by atoms with van der Waals surface area (Å²) in [5.41, 5.74) is 5.64. The predicted molar refractivity (Wildman–Crippen MR) is 66.4 cm³/mol. The van der Waals surface area contributed by atoms with Crippen molar-refractivity contribution in [2.24, 2.45) is 5.73 Å². The molecule has 0 aliphatic rings. The van der Waals surface area contributed by atoms with E-state index in [1.54, 1.807) is 14.2 Å². The normalized spacial score (nSPS) is 13.4. The number of amides is 1. The van der Waals surface area contributed by atoms with Crippen molar-refractivity contribution < 1.29 is 17.9 Å². The van der Waals surface area contributed by atoms with Crippen LogP contribution in [0.5, 0.6) is 0 Å². The van der Waals surface area contributed by atoms with Crippen LogP contribution in [0, 0.1) is 0 Å². The fourth-order valence-corrected chi connectivity index (χ4v) is 1.99. The van der Waals surface area contributed by atoms with Gasteiger partial charge in [-0.1, -0.05) is 0 Å². The van der Waals surface area contributed by atoms with Crippen LogP contribution < -0.4 is 5.73 Å². The molecule has 102 valence electrons. The van der Waals surface area contributed by atoms with Crippen molar-refractivity contribution in [3.8, 4) is 0 Å². The lowest BCUT2D eigenvalue weighted by molar-refractivity contribution is -0.131. The second-order valence-electron chi connectivity index (χ2n) is 4.13. The number of methoxy groups -OCH3 is 1. The summed E-state index contributed by atoms with van der Waals surface area (Å²) in [7, 11) is 0.178. The number of hydrogen-bond acceptors (Lipinski definition) is 5. The molecule has 0 saturated heterocycles. The molecule has 0 bridgehead atoms.